The van der Waals surface area contributed by atoms with Crippen molar-refractivity contribution in [3.63, 3.8) is 0 Å². The number of benzene rings is 1. The zero-order valence-electron chi connectivity index (χ0n) is 18.8. The first kappa shape index (κ1) is 21.3. The monoisotopic (exact) mass is 450 g/mol. The topological polar surface area (TPSA) is 72.1 Å². The molecule has 1 saturated carbocycles. The molecule has 7 heteroatoms. The number of rotatable bonds is 5. The molecule has 3 heterocycles. The van der Waals surface area contributed by atoms with Gasteiger partial charge in [0.25, 0.3) is 0 Å². The molecule has 2 atom stereocenters. The van der Waals surface area contributed by atoms with Gasteiger partial charge in [-0.1, -0.05) is 49.2 Å². The van der Waals surface area contributed by atoms with Gasteiger partial charge in [-0.2, -0.15) is 4.98 Å². The number of nitrogens with zero attached hydrogens (tertiary/aromatic N) is 4. The molecule has 2 aromatic heterocycles. The van der Waals surface area contributed by atoms with Gasteiger partial charge in [0.1, 0.15) is 5.69 Å². The first-order valence-electron chi connectivity index (χ1n) is 11.7. The van der Waals surface area contributed by atoms with Gasteiger partial charge >= 0.3 is 0 Å². The fourth-order valence-corrected chi connectivity index (χ4v) is 5.72. The number of aryl methyl sites for hydroxylation is 2. The Morgan fingerprint density at radius 3 is 2.56 bits per heavy atom. The molecule has 1 aliphatic carbocycles. The van der Waals surface area contributed by atoms with Gasteiger partial charge in [0.2, 0.25) is 17.6 Å². The van der Waals surface area contributed by atoms with Crippen LogP contribution in [0, 0.1) is 12.8 Å². The summed E-state index contributed by atoms with van der Waals surface area (Å²) in [5.41, 5.74) is 3.37. The lowest BCUT2D eigenvalue weighted by atomic mass is 9.83. The minimum Gasteiger partial charge on any atom is -0.341 e. The second-order valence-electron chi connectivity index (χ2n) is 9.16. The molecule has 1 aromatic carbocycles. The summed E-state index contributed by atoms with van der Waals surface area (Å²) < 4.78 is 5.71. The van der Waals surface area contributed by atoms with Gasteiger partial charge in [0.05, 0.1) is 10.9 Å². The molecule has 168 valence electrons. The average molecular weight is 451 g/mol. The molecule has 2 aliphatic rings. The van der Waals surface area contributed by atoms with Gasteiger partial charge < -0.3 is 9.42 Å². The van der Waals surface area contributed by atoms with Gasteiger partial charge in [-0.05, 0) is 43.7 Å². The van der Waals surface area contributed by atoms with Gasteiger partial charge in [0, 0.05) is 30.3 Å². The van der Waals surface area contributed by atoms with E-state index in [0.717, 1.165) is 55.8 Å². The summed E-state index contributed by atoms with van der Waals surface area (Å²) in [6.07, 6.45) is 6.29. The van der Waals surface area contributed by atoms with Gasteiger partial charge in [-0.25, -0.2) is 4.98 Å². The predicted octanol–water partition coefficient (Wildman–Crippen LogP) is 5.35. The smallest absolute Gasteiger partial charge is 0.231 e. The number of thiazole rings is 1. The molecule has 0 spiro atoms. The molecule has 1 aliphatic heterocycles. The highest BCUT2D eigenvalue weighted by Gasteiger charge is 2.37. The predicted molar refractivity (Wildman–Crippen MR) is 125 cm³/mol. The summed E-state index contributed by atoms with van der Waals surface area (Å²) in [6.45, 7) is 5.56. The van der Waals surface area contributed by atoms with Crippen LogP contribution in [0.25, 0.3) is 11.5 Å². The van der Waals surface area contributed by atoms with E-state index in [1.54, 1.807) is 11.3 Å². The van der Waals surface area contributed by atoms with Crippen LogP contribution >= 0.6 is 11.3 Å². The molecular weight excluding hydrogens is 420 g/mol. The van der Waals surface area contributed by atoms with E-state index < -0.39 is 0 Å². The fourth-order valence-electron chi connectivity index (χ4n) is 5.13. The van der Waals surface area contributed by atoms with Crippen LogP contribution in [0.4, 0.5) is 0 Å². The largest absolute Gasteiger partial charge is 0.341 e. The molecule has 2 unspecified atom stereocenters. The van der Waals surface area contributed by atoms with E-state index in [1.165, 1.54) is 11.1 Å². The van der Waals surface area contributed by atoms with Crippen LogP contribution < -0.4 is 0 Å². The molecular formula is C25H30N4O2S. The second-order valence-corrected chi connectivity index (χ2v) is 10.2. The maximum atomic E-state index is 13.3. The Hall–Kier alpha value is -2.54. The zero-order chi connectivity index (χ0) is 22.1. The van der Waals surface area contributed by atoms with Crippen molar-refractivity contribution >= 4 is 17.2 Å². The fraction of sp³-hybridized carbons (Fsp3) is 0.520. The number of likely N-dealkylation sites (tertiary alicyclic amines) is 1. The summed E-state index contributed by atoms with van der Waals surface area (Å²) >= 11 is 1.58. The van der Waals surface area contributed by atoms with Gasteiger partial charge in [-0.3, -0.25) is 4.79 Å². The second kappa shape index (κ2) is 9.14. The zero-order valence-corrected chi connectivity index (χ0v) is 19.6. The van der Waals surface area contributed by atoms with Crippen molar-refractivity contribution in [2.24, 2.45) is 5.92 Å². The number of amides is 1. The quantitative estimate of drug-likeness (QED) is 0.524. The Kier molecular flexibility index (Phi) is 6.09. The van der Waals surface area contributed by atoms with Crippen molar-refractivity contribution in [1.82, 2.24) is 20.0 Å². The maximum absolute atomic E-state index is 13.3. The molecule has 6 nitrogen and oxygen atoms in total. The van der Waals surface area contributed by atoms with E-state index in [-0.39, 0.29) is 17.8 Å². The van der Waals surface area contributed by atoms with E-state index in [1.807, 2.05) is 12.3 Å². The average Bonchev–Trinajstić information content (AvgIpc) is 3.60. The Labute approximate surface area is 193 Å². The molecule has 1 amide bonds. The molecule has 32 heavy (non-hydrogen) atoms. The Balaban J connectivity index is 1.41. The summed E-state index contributed by atoms with van der Waals surface area (Å²) in [5.74, 6) is 1.93. The third-order valence-corrected chi connectivity index (χ3v) is 7.74. The number of piperidine rings is 1. The first-order valence-corrected chi connectivity index (χ1v) is 12.6. The first-order chi connectivity index (χ1) is 15.6. The Bertz CT molecular complexity index is 1070. The standard InChI is InChI=1S/C25H30N4O2S/c1-3-17-8-10-18(11-9-17)20-12-21(14-29(13-20)25(30)19-6-4-5-7-19)24-27-23(28-31-24)22-15-32-16(2)26-22/h8-11,15,19-21H,3-7,12-14H2,1-2H3. The van der Waals surface area contributed by atoms with Crippen LogP contribution in [0.1, 0.15) is 72.9 Å². The van der Waals surface area contributed by atoms with Crippen LogP contribution in [-0.4, -0.2) is 39.0 Å². The van der Waals surface area contributed by atoms with E-state index in [4.69, 9.17) is 9.51 Å². The Morgan fingerprint density at radius 1 is 1.12 bits per heavy atom. The number of aromatic nitrogens is 3. The van der Waals surface area contributed by atoms with Crippen LogP contribution in [0.2, 0.25) is 0 Å². The van der Waals surface area contributed by atoms with Crippen LogP contribution in [-0.2, 0) is 11.2 Å². The van der Waals surface area contributed by atoms with Crippen LogP contribution in [0.3, 0.4) is 0 Å². The minimum atomic E-state index is 0.0333. The third-order valence-electron chi connectivity index (χ3n) is 6.97. The highest BCUT2D eigenvalue weighted by atomic mass is 32.1. The lowest BCUT2D eigenvalue weighted by Crippen LogP contribution is -2.44. The molecule has 0 radical (unpaired) electrons. The van der Waals surface area contributed by atoms with Crippen molar-refractivity contribution in [1.29, 1.82) is 0 Å². The molecule has 0 bridgehead atoms. The van der Waals surface area contributed by atoms with Crippen molar-refractivity contribution < 1.29 is 9.32 Å². The van der Waals surface area contributed by atoms with Crippen molar-refractivity contribution in [2.75, 3.05) is 13.1 Å². The maximum Gasteiger partial charge on any atom is 0.231 e. The SMILES string of the molecule is CCc1ccc(C2CC(c3nc(-c4csc(C)n4)no3)CN(C(=O)C3CCCC3)C2)cc1. The van der Waals surface area contributed by atoms with Gasteiger partial charge in [-0.15, -0.1) is 11.3 Å². The lowest BCUT2D eigenvalue weighted by Gasteiger charge is -2.38. The molecule has 5 rings (SSSR count). The van der Waals surface area contributed by atoms with Crippen molar-refractivity contribution in [3.05, 3.63) is 51.7 Å². The van der Waals surface area contributed by atoms with E-state index in [9.17, 15) is 4.79 Å². The highest BCUT2D eigenvalue weighted by Crippen LogP contribution is 2.38. The lowest BCUT2D eigenvalue weighted by molar-refractivity contribution is -0.137. The molecule has 3 aromatic rings. The van der Waals surface area contributed by atoms with E-state index in [0.29, 0.717) is 24.2 Å². The van der Waals surface area contributed by atoms with E-state index in [2.05, 4.69) is 46.2 Å². The van der Waals surface area contributed by atoms with Crippen molar-refractivity contribution in [2.45, 2.75) is 64.2 Å². The minimum absolute atomic E-state index is 0.0333. The number of hydrogen-bond acceptors (Lipinski definition) is 6. The number of hydrogen-bond donors (Lipinski definition) is 0. The number of carbonyl (C=O) groups is 1. The van der Waals surface area contributed by atoms with Crippen LogP contribution in [0.5, 0.6) is 0 Å². The van der Waals surface area contributed by atoms with Gasteiger partial charge in [0.15, 0.2) is 0 Å². The molecule has 2 fully saturated rings. The summed E-state index contributed by atoms with van der Waals surface area (Å²) in [6, 6.07) is 8.86. The van der Waals surface area contributed by atoms with E-state index >= 15 is 0 Å². The normalized spacial score (nSPS) is 21.9. The third kappa shape index (κ3) is 4.35. The number of carbonyl (C=O) groups excluding carboxylic acids is 1. The molecule has 1 saturated heterocycles. The summed E-state index contributed by atoms with van der Waals surface area (Å²) in [5, 5.41) is 7.13. The summed E-state index contributed by atoms with van der Waals surface area (Å²) in [7, 11) is 0. The Morgan fingerprint density at radius 2 is 1.88 bits per heavy atom. The summed E-state index contributed by atoms with van der Waals surface area (Å²) in [4.78, 5) is 24.6. The van der Waals surface area contributed by atoms with Crippen molar-refractivity contribution in [3.8, 4) is 11.5 Å². The molecule has 0 N–H and O–H groups in total. The highest BCUT2D eigenvalue weighted by molar-refractivity contribution is 7.09. The van der Waals surface area contributed by atoms with Crippen LogP contribution in [0.15, 0.2) is 34.2 Å².